The number of ketones is 1. The van der Waals surface area contributed by atoms with Crippen LogP contribution in [0.1, 0.15) is 89.4 Å². The number of rotatable bonds is 6. The van der Waals surface area contributed by atoms with Crippen LogP contribution in [-0.2, 0) is 20.4 Å². The van der Waals surface area contributed by atoms with Crippen molar-refractivity contribution in [2.24, 2.45) is 0 Å². The van der Waals surface area contributed by atoms with Gasteiger partial charge in [-0.15, -0.1) is 0 Å². The minimum Gasteiger partial charge on any atom is -0.476 e. The minimum absolute atomic E-state index is 0.0334. The quantitative estimate of drug-likeness (QED) is 0.227. The molecule has 3 rings (SSSR count). The van der Waals surface area contributed by atoms with Crippen LogP contribution in [0.2, 0.25) is 0 Å². The molecule has 0 spiro atoms. The van der Waals surface area contributed by atoms with Crippen molar-refractivity contribution in [3.8, 4) is 5.75 Å². The summed E-state index contributed by atoms with van der Waals surface area (Å²) in [4.78, 5) is 38.3. The first-order chi connectivity index (χ1) is 16.5. The topological polar surface area (TPSA) is 82.8 Å². The molecule has 2 aromatic carbocycles. The molecule has 0 atom stereocenters. The molecule has 0 aliphatic heterocycles. The summed E-state index contributed by atoms with van der Waals surface area (Å²) >= 11 is 0. The molecule has 1 heterocycles. The fraction of sp³-hybridized carbons (Fsp3) is 0.433. The van der Waals surface area contributed by atoms with Gasteiger partial charge in [0.1, 0.15) is 16.9 Å². The second-order valence-corrected chi connectivity index (χ2v) is 11.6. The maximum Gasteiger partial charge on any atom is 0.349 e. The van der Waals surface area contributed by atoms with Gasteiger partial charge in [-0.1, -0.05) is 47.6 Å². The SMILES string of the molecule is CCOC(=O)C(C)(C)Oc1ccc(C(=O)c2cc3cc(C(C)(C)C)cc(C(C)(C)C)c3oc2=O)cc1. The van der Waals surface area contributed by atoms with Gasteiger partial charge in [0.15, 0.2) is 11.4 Å². The molecule has 0 radical (unpaired) electrons. The normalized spacial score (nSPS) is 12.5. The summed E-state index contributed by atoms with van der Waals surface area (Å²) in [5.74, 6) is -0.525. The lowest BCUT2D eigenvalue weighted by Gasteiger charge is -2.26. The average Bonchev–Trinajstić information content (AvgIpc) is 2.76. The highest BCUT2D eigenvalue weighted by Gasteiger charge is 2.32. The fourth-order valence-electron chi connectivity index (χ4n) is 3.85. The molecule has 0 aliphatic rings. The van der Waals surface area contributed by atoms with E-state index < -0.39 is 23.0 Å². The summed E-state index contributed by atoms with van der Waals surface area (Å²) in [5.41, 5.74) is 0.559. The standard InChI is InChI=1S/C30H36O6/c1-10-34-27(33)30(8,9)36-21-13-11-18(12-14-21)24(31)22-16-19-15-20(28(2,3)4)17-23(29(5,6)7)25(19)35-26(22)32/h11-17H,10H2,1-9H3. The van der Waals surface area contributed by atoms with Gasteiger partial charge in [0.05, 0.1) is 6.61 Å². The van der Waals surface area contributed by atoms with Crippen molar-refractivity contribution in [3.63, 3.8) is 0 Å². The number of ether oxygens (including phenoxy) is 2. The molecule has 1 aromatic heterocycles. The van der Waals surface area contributed by atoms with Gasteiger partial charge in [0.2, 0.25) is 0 Å². The fourth-order valence-corrected chi connectivity index (χ4v) is 3.85. The third-order valence-corrected chi connectivity index (χ3v) is 6.01. The molecule has 192 valence electrons. The Morgan fingerprint density at radius 3 is 2.00 bits per heavy atom. The van der Waals surface area contributed by atoms with E-state index in [1.165, 1.54) is 0 Å². The third-order valence-electron chi connectivity index (χ3n) is 6.01. The average molecular weight is 493 g/mol. The summed E-state index contributed by atoms with van der Waals surface area (Å²) in [6.07, 6.45) is 0. The molecule has 0 bridgehead atoms. The number of hydrogen-bond donors (Lipinski definition) is 0. The van der Waals surface area contributed by atoms with Crippen molar-refractivity contribution < 1.29 is 23.5 Å². The summed E-state index contributed by atoms with van der Waals surface area (Å²) in [7, 11) is 0. The predicted octanol–water partition coefficient (Wildman–Crippen LogP) is 6.34. The molecule has 6 nitrogen and oxygen atoms in total. The lowest BCUT2D eigenvalue weighted by Crippen LogP contribution is -2.39. The Morgan fingerprint density at radius 1 is 0.861 bits per heavy atom. The summed E-state index contributed by atoms with van der Waals surface area (Å²) in [6, 6.07) is 12.0. The van der Waals surface area contributed by atoms with Crippen LogP contribution in [0.25, 0.3) is 11.0 Å². The summed E-state index contributed by atoms with van der Waals surface area (Å²) in [6.45, 7) is 17.8. The largest absolute Gasteiger partial charge is 0.476 e. The van der Waals surface area contributed by atoms with Gasteiger partial charge in [0.25, 0.3) is 0 Å². The first-order valence-corrected chi connectivity index (χ1v) is 12.2. The Labute approximate surface area is 212 Å². The van der Waals surface area contributed by atoms with Crippen molar-refractivity contribution >= 4 is 22.7 Å². The smallest absolute Gasteiger partial charge is 0.349 e. The van der Waals surface area contributed by atoms with Gasteiger partial charge in [-0.25, -0.2) is 9.59 Å². The molecule has 0 amide bonds. The van der Waals surface area contributed by atoms with Crippen LogP contribution in [-0.4, -0.2) is 24.0 Å². The van der Waals surface area contributed by atoms with Crippen LogP contribution < -0.4 is 10.4 Å². The first kappa shape index (κ1) is 27.2. The zero-order chi connectivity index (χ0) is 27.1. The van der Waals surface area contributed by atoms with Gasteiger partial charge in [0, 0.05) is 16.5 Å². The number of esters is 1. The highest BCUT2D eigenvalue weighted by Crippen LogP contribution is 2.35. The van der Waals surface area contributed by atoms with Crippen molar-refractivity contribution in [1.29, 1.82) is 0 Å². The number of hydrogen-bond acceptors (Lipinski definition) is 6. The number of benzene rings is 2. The Balaban J connectivity index is 2.01. The third kappa shape index (κ3) is 5.69. The lowest BCUT2D eigenvalue weighted by molar-refractivity contribution is -0.158. The molecule has 36 heavy (non-hydrogen) atoms. The van der Waals surface area contributed by atoms with E-state index >= 15 is 0 Å². The molecule has 0 aliphatic carbocycles. The monoisotopic (exact) mass is 492 g/mol. The molecule has 0 fully saturated rings. The van der Waals surface area contributed by atoms with Crippen molar-refractivity contribution in [2.75, 3.05) is 6.61 Å². The number of carbonyl (C=O) groups excluding carboxylic acids is 2. The van der Waals surface area contributed by atoms with Crippen molar-refractivity contribution in [1.82, 2.24) is 0 Å². The second kappa shape index (κ2) is 9.57. The van der Waals surface area contributed by atoms with Gasteiger partial charge >= 0.3 is 11.6 Å². The highest BCUT2D eigenvalue weighted by atomic mass is 16.6. The van der Waals surface area contributed by atoms with Crippen LogP contribution in [0.4, 0.5) is 0 Å². The van der Waals surface area contributed by atoms with Crippen LogP contribution in [0.3, 0.4) is 0 Å². The van der Waals surface area contributed by atoms with Crippen LogP contribution >= 0.6 is 0 Å². The van der Waals surface area contributed by atoms with Gasteiger partial charge in [-0.3, -0.25) is 4.79 Å². The van der Waals surface area contributed by atoms with E-state index in [0.717, 1.165) is 11.1 Å². The Kier molecular flexibility index (Phi) is 7.22. The zero-order valence-corrected chi connectivity index (χ0v) is 22.7. The molecule has 0 unspecified atom stereocenters. The first-order valence-electron chi connectivity index (χ1n) is 12.2. The van der Waals surface area contributed by atoms with E-state index in [9.17, 15) is 14.4 Å². The van der Waals surface area contributed by atoms with E-state index in [2.05, 4.69) is 47.6 Å². The van der Waals surface area contributed by atoms with E-state index in [-0.39, 0.29) is 23.0 Å². The second-order valence-electron chi connectivity index (χ2n) is 11.6. The summed E-state index contributed by atoms with van der Waals surface area (Å²) < 4.78 is 16.6. The van der Waals surface area contributed by atoms with E-state index in [0.29, 0.717) is 22.3 Å². The molecule has 0 saturated carbocycles. The van der Waals surface area contributed by atoms with Crippen molar-refractivity contribution in [2.45, 2.75) is 78.7 Å². The minimum atomic E-state index is -1.18. The molecule has 0 saturated heterocycles. The predicted molar refractivity (Wildman–Crippen MR) is 141 cm³/mol. The Morgan fingerprint density at radius 2 is 1.47 bits per heavy atom. The van der Waals surface area contributed by atoms with Crippen LogP contribution in [0, 0.1) is 0 Å². The lowest BCUT2D eigenvalue weighted by atomic mass is 9.79. The Hall–Kier alpha value is -3.41. The highest BCUT2D eigenvalue weighted by molar-refractivity contribution is 6.10. The van der Waals surface area contributed by atoms with Crippen LogP contribution in [0.15, 0.2) is 51.7 Å². The van der Waals surface area contributed by atoms with E-state index in [1.54, 1.807) is 51.1 Å². The van der Waals surface area contributed by atoms with Crippen LogP contribution in [0.5, 0.6) is 5.75 Å². The van der Waals surface area contributed by atoms with Gasteiger partial charge < -0.3 is 13.9 Å². The van der Waals surface area contributed by atoms with Crippen molar-refractivity contribution in [3.05, 3.63) is 75.1 Å². The zero-order valence-electron chi connectivity index (χ0n) is 22.7. The molecular formula is C30H36O6. The van der Waals surface area contributed by atoms with Gasteiger partial charge in [-0.05, 0) is 73.6 Å². The Bertz CT molecular complexity index is 1350. The maximum absolute atomic E-state index is 13.3. The molecule has 0 N–H and O–H groups in total. The van der Waals surface area contributed by atoms with Gasteiger partial charge in [-0.2, -0.15) is 0 Å². The number of fused-ring (bicyclic) bond motifs is 1. The maximum atomic E-state index is 13.3. The molecule has 3 aromatic rings. The van der Waals surface area contributed by atoms with E-state index in [1.807, 2.05) is 6.07 Å². The number of carbonyl (C=O) groups is 2. The molecular weight excluding hydrogens is 456 g/mol. The molecule has 6 heteroatoms. The summed E-state index contributed by atoms with van der Waals surface area (Å²) in [5, 5.41) is 0.714. The van der Waals surface area contributed by atoms with E-state index in [4.69, 9.17) is 13.9 Å².